The van der Waals surface area contributed by atoms with E-state index in [2.05, 4.69) is 26.8 Å². The van der Waals surface area contributed by atoms with Gasteiger partial charge in [0, 0.05) is 18.8 Å². The number of hydrogen-bond acceptors (Lipinski definition) is 4. The lowest BCUT2D eigenvalue weighted by Crippen LogP contribution is -2.26. The van der Waals surface area contributed by atoms with Crippen LogP contribution in [0.25, 0.3) is 0 Å². The zero-order valence-electron chi connectivity index (χ0n) is 14.9. The summed E-state index contributed by atoms with van der Waals surface area (Å²) in [4.78, 5) is 2.10. The van der Waals surface area contributed by atoms with Gasteiger partial charge in [0.15, 0.2) is 5.11 Å². The molecule has 7 heteroatoms. The maximum Gasteiger partial charge on any atom is 0.191 e. The lowest BCUT2D eigenvalue weighted by atomic mass is 10.1. The van der Waals surface area contributed by atoms with Crippen molar-refractivity contribution in [1.29, 1.82) is 0 Å². The number of benzene rings is 2. The van der Waals surface area contributed by atoms with Gasteiger partial charge in [-0.05, 0) is 61.5 Å². The van der Waals surface area contributed by atoms with Crippen molar-refractivity contribution in [3.05, 3.63) is 59.4 Å². The summed E-state index contributed by atoms with van der Waals surface area (Å²) < 4.78 is 13.6. The Hall–Kier alpha value is -2.51. The zero-order chi connectivity index (χ0) is 18.9. The molecule has 0 saturated heterocycles. The van der Waals surface area contributed by atoms with Crippen molar-refractivity contribution in [2.75, 3.05) is 29.9 Å². The summed E-state index contributed by atoms with van der Waals surface area (Å²) >= 11 is 5.11. The molecule has 138 valence electrons. The number of nitrogens with zero attached hydrogens (tertiary/aromatic N) is 2. The molecule has 0 atom stereocenters. The van der Waals surface area contributed by atoms with Gasteiger partial charge in [-0.3, -0.25) is 5.43 Å². The van der Waals surface area contributed by atoms with Crippen LogP contribution >= 0.6 is 12.2 Å². The van der Waals surface area contributed by atoms with E-state index in [9.17, 15) is 4.39 Å². The van der Waals surface area contributed by atoms with Crippen LogP contribution in [0.1, 0.15) is 18.1 Å². The first kappa shape index (κ1) is 19.8. The van der Waals surface area contributed by atoms with Gasteiger partial charge in [0.1, 0.15) is 5.82 Å². The minimum absolute atomic E-state index is 0.118. The van der Waals surface area contributed by atoms with Crippen molar-refractivity contribution >= 4 is 34.9 Å². The first-order valence-corrected chi connectivity index (χ1v) is 8.77. The highest BCUT2D eigenvalue weighted by Gasteiger charge is 2.05. The van der Waals surface area contributed by atoms with Crippen molar-refractivity contribution in [3.8, 4) is 0 Å². The molecule has 0 aliphatic heterocycles. The van der Waals surface area contributed by atoms with E-state index in [1.54, 1.807) is 24.4 Å². The van der Waals surface area contributed by atoms with Crippen LogP contribution in [0.15, 0.2) is 47.6 Å². The highest BCUT2D eigenvalue weighted by Crippen LogP contribution is 2.18. The van der Waals surface area contributed by atoms with Gasteiger partial charge in [0.2, 0.25) is 0 Å². The molecule has 0 radical (unpaired) electrons. The molecule has 2 aromatic rings. The van der Waals surface area contributed by atoms with Crippen LogP contribution in [0, 0.1) is 12.7 Å². The minimum Gasteiger partial charge on any atom is -0.395 e. The van der Waals surface area contributed by atoms with Gasteiger partial charge in [-0.2, -0.15) is 5.10 Å². The second-order valence-corrected chi connectivity index (χ2v) is 6.06. The summed E-state index contributed by atoms with van der Waals surface area (Å²) in [5.41, 5.74) is 6.03. The molecule has 0 aromatic heterocycles. The summed E-state index contributed by atoms with van der Waals surface area (Å²) in [6, 6.07) is 12.3. The third kappa shape index (κ3) is 5.50. The third-order valence-corrected chi connectivity index (χ3v) is 4.06. The van der Waals surface area contributed by atoms with Gasteiger partial charge in [0.05, 0.1) is 18.5 Å². The fourth-order valence-electron chi connectivity index (χ4n) is 2.47. The number of aliphatic hydroxyl groups is 1. The van der Waals surface area contributed by atoms with Crippen molar-refractivity contribution in [1.82, 2.24) is 5.43 Å². The van der Waals surface area contributed by atoms with E-state index in [0.29, 0.717) is 12.2 Å². The molecule has 3 N–H and O–H groups in total. The molecule has 0 heterocycles. The Labute approximate surface area is 158 Å². The molecule has 26 heavy (non-hydrogen) atoms. The summed E-state index contributed by atoms with van der Waals surface area (Å²) in [7, 11) is 0. The fraction of sp³-hybridized carbons (Fsp3) is 0.263. The topological polar surface area (TPSA) is 59.9 Å². The first-order chi connectivity index (χ1) is 12.5. The number of thiocarbonyl (C=S) groups is 1. The number of aliphatic hydroxyl groups excluding tert-OH is 1. The van der Waals surface area contributed by atoms with Crippen LogP contribution in [-0.4, -0.2) is 36.1 Å². The summed E-state index contributed by atoms with van der Waals surface area (Å²) in [5, 5.41) is 16.2. The summed E-state index contributed by atoms with van der Waals surface area (Å²) in [5.74, 6) is -0.379. The number of hydrazone groups is 1. The number of rotatable bonds is 7. The molecule has 0 fully saturated rings. The van der Waals surface area contributed by atoms with Crippen LogP contribution in [0.2, 0.25) is 0 Å². The maximum absolute atomic E-state index is 13.6. The van der Waals surface area contributed by atoms with Gasteiger partial charge in [-0.15, -0.1) is 0 Å². The first-order valence-electron chi connectivity index (χ1n) is 8.36. The standard InChI is InChI=1S/C19H23FN4OS/c1-3-24(10-11-25)16-9-8-15(14(2)12-16)13-21-23-19(26)22-18-7-5-4-6-17(18)20/h4-9,12-13,25H,3,10-11H2,1-2H3,(H2,22,23,26)/b21-13-. The molecule has 0 aliphatic rings. The number of likely N-dealkylation sites (N-methyl/N-ethyl adjacent to an activating group) is 1. The van der Waals surface area contributed by atoms with Crippen LogP contribution in [0.4, 0.5) is 15.8 Å². The van der Waals surface area contributed by atoms with Crippen molar-refractivity contribution in [2.45, 2.75) is 13.8 Å². The number of nitrogens with one attached hydrogen (secondary N) is 2. The molecule has 2 rings (SSSR count). The Morgan fingerprint density at radius 3 is 2.73 bits per heavy atom. The Morgan fingerprint density at radius 2 is 2.08 bits per heavy atom. The SMILES string of the molecule is CCN(CCO)c1ccc(/C=N\NC(=S)Nc2ccccc2F)c(C)c1. The van der Waals surface area contributed by atoms with Gasteiger partial charge >= 0.3 is 0 Å². The van der Waals surface area contributed by atoms with E-state index in [1.165, 1.54) is 6.07 Å². The average Bonchev–Trinajstić information content (AvgIpc) is 2.63. The van der Waals surface area contributed by atoms with Gasteiger partial charge in [0.25, 0.3) is 0 Å². The predicted molar refractivity (Wildman–Crippen MR) is 110 cm³/mol. The number of aryl methyl sites for hydroxylation is 1. The maximum atomic E-state index is 13.6. The van der Waals surface area contributed by atoms with Crippen LogP contribution in [0.3, 0.4) is 0 Å². The second-order valence-electron chi connectivity index (χ2n) is 5.65. The lowest BCUT2D eigenvalue weighted by molar-refractivity contribution is 0.302. The van der Waals surface area contributed by atoms with E-state index in [4.69, 9.17) is 17.3 Å². The third-order valence-electron chi connectivity index (χ3n) is 3.86. The molecule has 0 saturated carbocycles. The Kier molecular flexibility index (Phi) is 7.50. The fourth-order valence-corrected chi connectivity index (χ4v) is 2.63. The normalized spacial score (nSPS) is 10.8. The molecule has 5 nitrogen and oxygen atoms in total. The quantitative estimate of drug-likeness (QED) is 0.394. The molecule has 0 aliphatic carbocycles. The Morgan fingerprint density at radius 1 is 1.31 bits per heavy atom. The van der Waals surface area contributed by atoms with Gasteiger partial charge in [-0.1, -0.05) is 18.2 Å². The molecule has 0 amide bonds. The van der Waals surface area contributed by atoms with Crippen molar-refractivity contribution < 1.29 is 9.50 Å². The van der Waals surface area contributed by atoms with E-state index in [-0.39, 0.29) is 17.5 Å². The molecule has 2 aromatic carbocycles. The summed E-state index contributed by atoms with van der Waals surface area (Å²) in [6.45, 7) is 5.58. The Bertz CT molecular complexity index is 782. The smallest absolute Gasteiger partial charge is 0.191 e. The minimum atomic E-state index is -0.379. The zero-order valence-corrected chi connectivity index (χ0v) is 15.7. The van der Waals surface area contributed by atoms with Crippen molar-refractivity contribution in [3.63, 3.8) is 0 Å². The number of anilines is 2. The van der Waals surface area contributed by atoms with E-state index in [1.807, 2.05) is 26.0 Å². The average molecular weight is 374 g/mol. The lowest BCUT2D eigenvalue weighted by Gasteiger charge is -2.22. The monoisotopic (exact) mass is 374 g/mol. The van der Waals surface area contributed by atoms with E-state index >= 15 is 0 Å². The van der Waals surface area contributed by atoms with Crippen molar-refractivity contribution in [2.24, 2.45) is 5.10 Å². The highest BCUT2D eigenvalue weighted by atomic mass is 32.1. The van der Waals surface area contributed by atoms with Crippen LogP contribution in [0.5, 0.6) is 0 Å². The molecule has 0 spiro atoms. The second kappa shape index (κ2) is 9.84. The molecule has 0 unspecified atom stereocenters. The van der Waals surface area contributed by atoms with Crippen LogP contribution < -0.4 is 15.6 Å². The van der Waals surface area contributed by atoms with Gasteiger partial charge < -0.3 is 15.3 Å². The Balaban J connectivity index is 1.97. The summed E-state index contributed by atoms with van der Waals surface area (Å²) in [6.07, 6.45) is 1.66. The van der Waals surface area contributed by atoms with Gasteiger partial charge in [-0.25, -0.2) is 4.39 Å². The van der Waals surface area contributed by atoms with E-state index < -0.39 is 0 Å². The number of halogens is 1. The predicted octanol–water partition coefficient (Wildman–Crippen LogP) is 3.27. The number of hydrogen-bond donors (Lipinski definition) is 3. The number of para-hydroxylation sites is 1. The highest BCUT2D eigenvalue weighted by molar-refractivity contribution is 7.80. The van der Waals surface area contributed by atoms with E-state index in [0.717, 1.165) is 23.4 Å². The molecular formula is C19H23FN4OS. The molecular weight excluding hydrogens is 351 g/mol. The molecule has 0 bridgehead atoms. The van der Waals surface area contributed by atoms with Crippen LogP contribution in [-0.2, 0) is 0 Å². The largest absolute Gasteiger partial charge is 0.395 e.